The summed E-state index contributed by atoms with van der Waals surface area (Å²) in [6, 6.07) is 0.366. The monoisotopic (exact) mass is 244 g/mol. The second-order valence-corrected chi connectivity index (χ2v) is 5.29. The first-order valence-electron chi connectivity index (χ1n) is 6.59. The van der Waals surface area contributed by atoms with E-state index in [-0.39, 0.29) is 18.6 Å². The molecule has 0 saturated carbocycles. The van der Waals surface area contributed by atoms with Crippen LogP contribution in [0.25, 0.3) is 0 Å². The number of hydrogen-bond acceptors (Lipinski definition) is 3. The molecule has 0 heterocycles. The lowest BCUT2D eigenvalue weighted by atomic mass is 10.0. The molecular weight excluding hydrogens is 216 g/mol. The Hall–Kier alpha value is -0.610. The average Bonchev–Trinajstić information content (AvgIpc) is 2.22. The van der Waals surface area contributed by atoms with E-state index in [0.717, 1.165) is 19.4 Å². The summed E-state index contributed by atoms with van der Waals surface area (Å²) in [5.74, 6) is 0.519. The summed E-state index contributed by atoms with van der Waals surface area (Å²) < 4.78 is 0. The largest absolute Gasteiger partial charge is 0.394 e. The third-order valence-electron chi connectivity index (χ3n) is 2.47. The van der Waals surface area contributed by atoms with Gasteiger partial charge in [0.1, 0.15) is 0 Å². The van der Waals surface area contributed by atoms with Gasteiger partial charge < -0.3 is 15.7 Å². The molecule has 1 unspecified atom stereocenters. The Morgan fingerprint density at radius 2 is 1.88 bits per heavy atom. The first-order valence-corrected chi connectivity index (χ1v) is 6.59. The van der Waals surface area contributed by atoms with E-state index >= 15 is 0 Å². The molecular formula is C13H28N2O2. The predicted molar refractivity (Wildman–Crippen MR) is 70.8 cm³/mol. The van der Waals surface area contributed by atoms with E-state index in [0.29, 0.717) is 18.4 Å². The number of aliphatic hydroxyl groups is 1. The van der Waals surface area contributed by atoms with Crippen LogP contribution < -0.4 is 10.6 Å². The third kappa shape index (κ3) is 10.3. The lowest BCUT2D eigenvalue weighted by Crippen LogP contribution is -2.38. The summed E-state index contributed by atoms with van der Waals surface area (Å²) in [4.78, 5) is 11.6. The first-order chi connectivity index (χ1) is 7.95. The van der Waals surface area contributed by atoms with E-state index in [9.17, 15) is 4.79 Å². The smallest absolute Gasteiger partial charge is 0.220 e. The minimum Gasteiger partial charge on any atom is -0.394 e. The molecule has 1 atom stereocenters. The molecule has 4 nitrogen and oxygen atoms in total. The van der Waals surface area contributed by atoms with Gasteiger partial charge in [0.2, 0.25) is 5.91 Å². The van der Waals surface area contributed by atoms with E-state index in [4.69, 9.17) is 5.11 Å². The maximum atomic E-state index is 11.6. The van der Waals surface area contributed by atoms with Gasteiger partial charge in [0.05, 0.1) is 12.6 Å². The molecule has 0 aliphatic carbocycles. The van der Waals surface area contributed by atoms with Gasteiger partial charge in [-0.3, -0.25) is 4.79 Å². The number of nitrogens with one attached hydrogen (secondary N) is 2. The van der Waals surface area contributed by atoms with Crippen LogP contribution in [0.3, 0.4) is 0 Å². The van der Waals surface area contributed by atoms with Crippen molar-refractivity contribution in [3.05, 3.63) is 0 Å². The molecule has 0 aromatic heterocycles. The summed E-state index contributed by atoms with van der Waals surface area (Å²) in [7, 11) is 0. The highest BCUT2D eigenvalue weighted by molar-refractivity contribution is 5.76. The highest BCUT2D eigenvalue weighted by Crippen LogP contribution is 2.04. The SMILES string of the molecule is CC(C)CC(CO)NC(=O)CCCNC(C)C. The number of rotatable bonds is 9. The Bertz CT molecular complexity index is 206. The summed E-state index contributed by atoms with van der Waals surface area (Å²) in [5.41, 5.74) is 0. The number of carbonyl (C=O) groups excluding carboxylic acids is 1. The van der Waals surface area contributed by atoms with E-state index in [1.54, 1.807) is 0 Å². The second-order valence-electron chi connectivity index (χ2n) is 5.29. The first kappa shape index (κ1) is 16.4. The van der Waals surface area contributed by atoms with Crippen molar-refractivity contribution in [1.82, 2.24) is 10.6 Å². The van der Waals surface area contributed by atoms with E-state index in [1.807, 2.05) is 0 Å². The third-order valence-corrected chi connectivity index (χ3v) is 2.47. The predicted octanol–water partition coefficient (Wildman–Crippen LogP) is 1.29. The van der Waals surface area contributed by atoms with Gasteiger partial charge in [0, 0.05) is 12.5 Å². The van der Waals surface area contributed by atoms with Crippen molar-refractivity contribution in [3.63, 3.8) is 0 Å². The van der Waals surface area contributed by atoms with Gasteiger partial charge in [-0.1, -0.05) is 27.7 Å². The van der Waals surface area contributed by atoms with Crippen molar-refractivity contribution in [3.8, 4) is 0 Å². The van der Waals surface area contributed by atoms with Crippen LogP contribution in [0.5, 0.6) is 0 Å². The second kappa shape index (κ2) is 9.42. The van der Waals surface area contributed by atoms with Gasteiger partial charge in [-0.2, -0.15) is 0 Å². The van der Waals surface area contributed by atoms with Gasteiger partial charge in [-0.15, -0.1) is 0 Å². The Morgan fingerprint density at radius 1 is 1.24 bits per heavy atom. The highest BCUT2D eigenvalue weighted by atomic mass is 16.3. The van der Waals surface area contributed by atoms with Crippen LogP contribution in [0.2, 0.25) is 0 Å². The molecule has 0 aliphatic rings. The van der Waals surface area contributed by atoms with Crippen molar-refractivity contribution in [2.24, 2.45) is 5.92 Å². The van der Waals surface area contributed by atoms with Crippen LogP contribution >= 0.6 is 0 Å². The van der Waals surface area contributed by atoms with E-state index < -0.39 is 0 Å². The normalized spacial score (nSPS) is 13.1. The maximum absolute atomic E-state index is 11.6. The molecule has 0 bridgehead atoms. The standard InChI is InChI=1S/C13H28N2O2/c1-10(2)8-12(9-16)15-13(17)6-5-7-14-11(3)4/h10-12,14,16H,5-9H2,1-4H3,(H,15,17). The molecule has 17 heavy (non-hydrogen) atoms. The van der Waals surface area contributed by atoms with Crippen LogP contribution in [0.15, 0.2) is 0 Å². The van der Waals surface area contributed by atoms with Gasteiger partial charge >= 0.3 is 0 Å². The molecule has 0 radical (unpaired) electrons. The lowest BCUT2D eigenvalue weighted by Gasteiger charge is -2.18. The van der Waals surface area contributed by atoms with Crippen molar-refractivity contribution in [1.29, 1.82) is 0 Å². The fourth-order valence-electron chi connectivity index (χ4n) is 1.69. The van der Waals surface area contributed by atoms with Crippen LogP contribution in [0.1, 0.15) is 47.0 Å². The number of carbonyl (C=O) groups is 1. The number of aliphatic hydroxyl groups excluding tert-OH is 1. The molecule has 3 N–H and O–H groups in total. The Labute approximate surface area is 105 Å². The quantitative estimate of drug-likeness (QED) is 0.536. The van der Waals surface area contributed by atoms with Crippen molar-refractivity contribution in [2.75, 3.05) is 13.2 Å². The van der Waals surface area contributed by atoms with Crippen LogP contribution in [-0.2, 0) is 4.79 Å². The Kier molecular flexibility index (Phi) is 9.09. The molecule has 0 saturated heterocycles. The van der Waals surface area contributed by atoms with Gasteiger partial charge in [0.15, 0.2) is 0 Å². The molecule has 1 amide bonds. The lowest BCUT2D eigenvalue weighted by molar-refractivity contribution is -0.122. The summed E-state index contributed by atoms with van der Waals surface area (Å²) >= 11 is 0. The van der Waals surface area contributed by atoms with Crippen molar-refractivity contribution in [2.45, 2.75) is 59.0 Å². The number of amides is 1. The minimum absolute atomic E-state index is 0.0220. The van der Waals surface area contributed by atoms with Crippen molar-refractivity contribution >= 4 is 5.91 Å². The average molecular weight is 244 g/mol. The molecule has 0 aromatic carbocycles. The van der Waals surface area contributed by atoms with Gasteiger partial charge in [-0.25, -0.2) is 0 Å². The minimum atomic E-state index is -0.0967. The molecule has 0 fully saturated rings. The topological polar surface area (TPSA) is 61.4 Å². The van der Waals surface area contributed by atoms with E-state index in [2.05, 4.69) is 38.3 Å². The Balaban J connectivity index is 3.68. The fourth-order valence-corrected chi connectivity index (χ4v) is 1.69. The zero-order chi connectivity index (χ0) is 13.3. The zero-order valence-electron chi connectivity index (χ0n) is 11.6. The summed E-state index contributed by atoms with van der Waals surface area (Å²) in [6.45, 7) is 9.23. The van der Waals surface area contributed by atoms with Crippen LogP contribution in [0.4, 0.5) is 0 Å². The van der Waals surface area contributed by atoms with Crippen LogP contribution in [0, 0.1) is 5.92 Å². The summed E-state index contributed by atoms with van der Waals surface area (Å²) in [5, 5.41) is 15.3. The van der Waals surface area contributed by atoms with Gasteiger partial charge in [-0.05, 0) is 25.3 Å². The summed E-state index contributed by atoms with van der Waals surface area (Å²) in [6.07, 6.45) is 2.19. The molecule has 0 aliphatic heterocycles. The fraction of sp³-hybridized carbons (Fsp3) is 0.923. The molecule has 0 spiro atoms. The molecule has 4 heteroatoms. The van der Waals surface area contributed by atoms with Gasteiger partial charge in [0.25, 0.3) is 0 Å². The highest BCUT2D eigenvalue weighted by Gasteiger charge is 2.12. The number of hydrogen-bond donors (Lipinski definition) is 3. The zero-order valence-corrected chi connectivity index (χ0v) is 11.6. The molecule has 0 aromatic rings. The van der Waals surface area contributed by atoms with E-state index in [1.165, 1.54) is 0 Å². The van der Waals surface area contributed by atoms with Crippen LogP contribution in [-0.4, -0.2) is 36.2 Å². The molecule has 102 valence electrons. The van der Waals surface area contributed by atoms with Crippen molar-refractivity contribution < 1.29 is 9.90 Å². The molecule has 0 rings (SSSR count). The maximum Gasteiger partial charge on any atom is 0.220 e. The Morgan fingerprint density at radius 3 is 2.35 bits per heavy atom.